The second kappa shape index (κ2) is 32.2. The number of aromatic amines is 3. The summed E-state index contributed by atoms with van der Waals surface area (Å²) in [5.41, 5.74) is 29.8. The van der Waals surface area contributed by atoms with Gasteiger partial charge in [-0.2, -0.15) is 75.1 Å². The van der Waals surface area contributed by atoms with Gasteiger partial charge in [-0.1, -0.05) is 41.9 Å². The van der Waals surface area contributed by atoms with Crippen LogP contribution in [-0.4, -0.2) is 103 Å². The van der Waals surface area contributed by atoms with Crippen molar-refractivity contribution in [1.29, 1.82) is 0 Å². The first-order valence-corrected chi connectivity index (χ1v) is 34.6. The van der Waals surface area contributed by atoms with E-state index in [-0.39, 0.29) is 94.0 Å². The molecule has 38 heteroatoms. The van der Waals surface area contributed by atoms with Crippen molar-refractivity contribution in [2.75, 3.05) is 72.0 Å². The fourth-order valence-corrected chi connectivity index (χ4v) is 11.3. The van der Waals surface area contributed by atoms with E-state index < -0.39 is 35.1 Å². The van der Waals surface area contributed by atoms with E-state index in [0.29, 0.717) is 58.6 Å². The molecule has 0 amide bonds. The lowest BCUT2D eigenvalue weighted by molar-refractivity contribution is 0.506. The first kappa shape index (κ1) is 72.8. The Morgan fingerprint density at radius 1 is 0.383 bits per heavy atom. The fourth-order valence-electron chi connectivity index (χ4n) is 11.1. The lowest BCUT2D eigenvalue weighted by Gasteiger charge is -2.16. The average Bonchev–Trinajstić information content (AvgIpc) is 1.45. The molecular weight excluding hydrogens is 1410 g/mol. The van der Waals surface area contributed by atoms with E-state index in [9.17, 15) is 26.3 Å². The molecule has 4 aliphatic carbocycles. The van der Waals surface area contributed by atoms with E-state index in [4.69, 9.17) is 34.5 Å². The first-order chi connectivity index (χ1) is 51.5. The van der Waals surface area contributed by atoms with Gasteiger partial charge in [0.1, 0.15) is 29.1 Å². The van der Waals surface area contributed by atoms with Crippen LogP contribution < -0.4 is 65.5 Å². The van der Waals surface area contributed by atoms with Gasteiger partial charge < -0.3 is 65.5 Å². The number of hydrogen-bond donors (Lipinski definition) is 15. The third kappa shape index (κ3) is 20.0. The highest BCUT2D eigenvalue weighted by molar-refractivity contribution is 6.30. The highest BCUT2D eigenvalue weighted by Gasteiger charge is 2.30. The molecule has 1 aliphatic heterocycles. The molecule has 7 aromatic heterocycles. The van der Waals surface area contributed by atoms with E-state index >= 15 is 0 Å². The smallest absolute Gasteiger partial charge is 0.235 e. The number of H-pyrrole nitrogens is 3. The zero-order chi connectivity index (χ0) is 75.0. The summed E-state index contributed by atoms with van der Waals surface area (Å²) < 4.78 is 80.8. The molecule has 5 aliphatic rings. The SMILES string of the molecule is CC(Nc1nc(N)nc(Nc2cc(C3CC3)[nH]n2)n1)c1c(F)cccc1F.CC(Nc1nc(N)nc(Nc2cc(C3CC3)[nH]n2)n1)c1ccc(F)c(Cl)c1.CC(Nc1nc(N)nc(Nc2cc(C3CC3)[nH]n2)n1)c1ccc(F)c(F)c1.C[C@H](Nc1nc(N)nc(NC2=NCC(C3CC3)=C2)n1)c1ccc(F)cc1. The molecule has 0 saturated heterocycles. The summed E-state index contributed by atoms with van der Waals surface area (Å²) in [6.07, 6.45) is 11.6. The molecule has 19 N–H and O–H groups in total. The molecule has 3 unspecified atom stereocenters. The molecule has 31 nitrogen and oxygen atoms in total. The number of anilines is 15. The topological polar surface area (TPSA) is 453 Å². The number of aliphatic imine (C=N–C) groups is 1. The molecule has 11 aromatic rings. The number of halogens is 7. The highest BCUT2D eigenvalue weighted by Crippen LogP contribution is 2.42. The summed E-state index contributed by atoms with van der Waals surface area (Å²) in [5, 5.41) is 45.8. The standard InChI is InChI=1S/C18H20FN7.C17H18ClFN8.2C17H18F2N8/c1-10(11-4-6-14(19)7-5-11)22-17-24-16(20)25-18(26-17)23-15-8-13(9-21-15)12-2-3-12;1-8(10-4-5-12(19)11(18)6-10)21-16-23-15(20)24-17(25-16)22-14-7-13(26-27-14)9-2-3-9;1-8(10-4-5-11(18)12(19)6-10)21-16-23-15(20)24-17(25-16)22-14-7-13(26-27-14)9-2-3-9;1-8(14-10(18)3-2-4-11(14)19)21-16-23-15(20)24-17(25-16)22-13-7-12(26-27-13)9-5-6-9/h4-8,10,12H,2-3,9H2,1H3,(H4,20,21,22,23,24,25,26);2*4-9H,2-3H2,1H3,(H5,20,21,22,23,24,25,26,27);2-4,7-9H,5-6H2,1H3,(H5,20,21,22,23,24,25,26,27)/t10-;;;/m0.../s1. The fraction of sp³-hybridized carbons (Fsp3) is 0.304. The van der Waals surface area contributed by atoms with Crippen LogP contribution in [0.25, 0.3) is 0 Å². The van der Waals surface area contributed by atoms with Crippen LogP contribution in [0.1, 0.15) is 160 Å². The van der Waals surface area contributed by atoms with Crippen LogP contribution in [0.4, 0.5) is 115 Å². The molecule has 4 saturated carbocycles. The van der Waals surface area contributed by atoms with Crippen molar-refractivity contribution in [2.45, 2.75) is 121 Å². The van der Waals surface area contributed by atoms with Gasteiger partial charge in [-0.25, -0.2) is 26.3 Å². The van der Waals surface area contributed by atoms with Crippen LogP contribution >= 0.6 is 11.6 Å². The lowest BCUT2D eigenvalue weighted by atomic mass is 10.1. The number of nitrogens with two attached hydrogens (primary N) is 4. The van der Waals surface area contributed by atoms with Gasteiger partial charge in [-0.05, 0) is 162 Å². The summed E-state index contributed by atoms with van der Waals surface area (Å²) in [6.45, 7) is 7.93. The zero-order valence-corrected chi connectivity index (χ0v) is 58.7. The maximum atomic E-state index is 13.9. The molecular formula is C69H74ClF6N31. The lowest BCUT2D eigenvalue weighted by Crippen LogP contribution is -2.15. The van der Waals surface area contributed by atoms with Crippen LogP contribution in [-0.2, 0) is 0 Å². The van der Waals surface area contributed by atoms with Crippen LogP contribution in [0.2, 0.25) is 5.02 Å². The number of nitrogens with one attached hydrogen (secondary N) is 11. The number of amidine groups is 1. The van der Waals surface area contributed by atoms with Crippen LogP contribution in [0.3, 0.4) is 0 Å². The van der Waals surface area contributed by atoms with E-state index in [1.807, 2.05) is 32.0 Å². The van der Waals surface area contributed by atoms with E-state index in [2.05, 4.69) is 144 Å². The van der Waals surface area contributed by atoms with Crippen LogP contribution in [0, 0.1) is 40.8 Å². The minimum atomic E-state index is -0.913. The molecule has 554 valence electrons. The molecule has 4 atom stereocenters. The van der Waals surface area contributed by atoms with Crippen LogP contribution in [0.5, 0.6) is 0 Å². The highest BCUT2D eigenvalue weighted by atomic mass is 35.5. The predicted octanol–water partition coefficient (Wildman–Crippen LogP) is 13.2. The monoisotopic (exact) mass is 1490 g/mol. The molecule has 0 radical (unpaired) electrons. The van der Waals surface area contributed by atoms with Gasteiger partial charge in [0, 0.05) is 58.6 Å². The largest absolute Gasteiger partial charge is 0.368 e. The summed E-state index contributed by atoms with van der Waals surface area (Å²) in [4.78, 5) is 54.1. The molecule has 0 bridgehead atoms. The maximum Gasteiger partial charge on any atom is 0.235 e. The summed E-state index contributed by atoms with van der Waals surface area (Å²) in [5.74, 6) is 3.14. The van der Waals surface area contributed by atoms with Crippen molar-refractivity contribution in [3.05, 3.63) is 188 Å². The number of hydrogen-bond acceptors (Lipinski definition) is 28. The van der Waals surface area contributed by atoms with Crippen molar-refractivity contribution < 1.29 is 26.3 Å². The van der Waals surface area contributed by atoms with Crippen molar-refractivity contribution >= 4 is 106 Å². The summed E-state index contributed by atoms with van der Waals surface area (Å²) in [7, 11) is 0. The van der Waals surface area contributed by atoms with Gasteiger partial charge in [0.25, 0.3) is 0 Å². The predicted molar refractivity (Wildman–Crippen MR) is 394 cm³/mol. The van der Waals surface area contributed by atoms with Crippen molar-refractivity contribution in [3.8, 4) is 0 Å². The number of aromatic nitrogens is 18. The van der Waals surface area contributed by atoms with E-state index in [0.717, 1.165) is 78.4 Å². The summed E-state index contributed by atoms with van der Waals surface area (Å²) >= 11 is 5.85. The molecule has 4 fully saturated rings. The maximum absolute atomic E-state index is 13.9. The Bertz CT molecular complexity index is 4840. The Kier molecular flexibility index (Phi) is 21.9. The number of benzene rings is 4. The molecule has 16 rings (SSSR count). The minimum Gasteiger partial charge on any atom is -0.368 e. The Morgan fingerprint density at radius 3 is 1.15 bits per heavy atom. The number of nitrogen functional groups attached to an aromatic ring is 4. The molecule has 107 heavy (non-hydrogen) atoms. The second-order valence-electron chi connectivity index (χ2n) is 26.0. The Balaban J connectivity index is 0.000000126. The van der Waals surface area contributed by atoms with Gasteiger partial charge in [-0.15, -0.1) is 0 Å². The van der Waals surface area contributed by atoms with Crippen molar-refractivity contribution in [2.24, 2.45) is 10.9 Å². The van der Waals surface area contributed by atoms with Crippen molar-refractivity contribution in [1.82, 2.24) is 90.4 Å². The first-order valence-electron chi connectivity index (χ1n) is 34.2. The van der Waals surface area contributed by atoms with Crippen LogP contribution in [0.15, 0.2) is 114 Å². The Labute approximate surface area is 612 Å². The third-order valence-electron chi connectivity index (χ3n) is 17.3. The normalized spacial score (nSPS) is 15.4. The third-order valence-corrected chi connectivity index (χ3v) is 17.6. The number of rotatable bonds is 23. The van der Waals surface area contributed by atoms with Gasteiger partial charge in [0.05, 0.1) is 35.7 Å². The minimum absolute atomic E-state index is 0.0189. The zero-order valence-electron chi connectivity index (χ0n) is 57.9. The molecule has 4 aromatic carbocycles. The second-order valence-corrected chi connectivity index (χ2v) is 26.4. The quantitative estimate of drug-likeness (QED) is 0.0264. The summed E-state index contributed by atoms with van der Waals surface area (Å²) in [6, 6.07) is 22.5. The molecule has 8 heterocycles. The number of nitrogens with zero attached hydrogens (tertiary/aromatic N) is 16. The van der Waals surface area contributed by atoms with Gasteiger partial charge >= 0.3 is 0 Å². The average molecular weight is 1490 g/mol. The van der Waals surface area contributed by atoms with E-state index in [1.54, 1.807) is 38.1 Å². The Morgan fingerprint density at radius 2 is 0.748 bits per heavy atom. The van der Waals surface area contributed by atoms with E-state index in [1.165, 1.54) is 73.7 Å². The van der Waals surface area contributed by atoms with Gasteiger partial charge in [0.2, 0.25) is 71.4 Å². The van der Waals surface area contributed by atoms with Gasteiger partial charge in [0.15, 0.2) is 29.1 Å². The van der Waals surface area contributed by atoms with Crippen molar-refractivity contribution in [3.63, 3.8) is 0 Å². The van der Waals surface area contributed by atoms with Gasteiger partial charge in [-0.3, -0.25) is 20.3 Å². The Hall–Kier alpha value is -12.6. The molecule has 0 spiro atoms.